The standard InChI is InChI=1S/C23H32/c1-4-19(3)18-23(22-14-10-7-11-15-22)21(5-2)17-16-20-12-8-6-9-13-20/h6-15,19,21,23H,4-5,16-18H2,1-3H3. The first kappa shape index (κ1) is 17.8. The van der Waals surface area contributed by atoms with Crippen LogP contribution in [0.2, 0.25) is 0 Å². The monoisotopic (exact) mass is 308 g/mol. The van der Waals surface area contributed by atoms with Gasteiger partial charge in [0.15, 0.2) is 0 Å². The lowest BCUT2D eigenvalue weighted by Crippen LogP contribution is -2.16. The zero-order valence-corrected chi connectivity index (χ0v) is 15.0. The third-order valence-electron chi connectivity index (χ3n) is 5.32. The highest BCUT2D eigenvalue weighted by Gasteiger charge is 2.23. The summed E-state index contributed by atoms with van der Waals surface area (Å²) < 4.78 is 0. The largest absolute Gasteiger partial charge is 0.0651 e. The van der Waals surface area contributed by atoms with Crippen LogP contribution in [0.5, 0.6) is 0 Å². The molecule has 3 unspecified atom stereocenters. The molecule has 2 aromatic rings. The third kappa shape index (κ3) is 5.53. The highest BCUT2D eigenvalue weighted by atomic mass is 14.3. The van der Waals surface area contributed by atoms with Crippen molar-refractivity contribution in [3.8, 4) is 0 Å². The SMILES string of the molecule is CCC(C)CC(c1ccccc1)C(CC)CCc1ccccc1. The van der Waals surface area contributed by atoms with Gasteiger partial charge in [0.25, 0.3) is 0 Å². The van der Waals surface area contributed by atoms with Crippen LogP contribution < -0.4 is 0 Å². The van der Waals surface area contributed by atoms with Gasteiger partial charge in [-0.3, -0.25) is 0 Å². The zero-order valence-electron chi connectivity index (χ0n) is 15.0. The minimum Gasteiger partial charge on any atom is -0.0651 e. The molecule has 0 aliphatic rings. The maximum Gasteiger partial charge on any atom is -0.0131 e. The summed E-state index contributed by atoms with van der Waals surface area (Å²) in [5.41, 5.74) is 3.01. The predicted molar refractivity (Wildman–Crippen MR) is 102 cm³/mol. The summed E-state index contributed by atoms with van der Waals surface area (Å²) in [7, 11) is 0. The van der Waals surface area contributed by atoms with E-state index < -0.39 is 0 Å². The summed E-state index contributed by atoms with van der Waals surface area (Å²) in [6.45, 7) is 7.08. The Balaban J connectivity index is 2.10. The molecule has 0 bridgehead atoms. The van der Waals surface area contributed by atoms with Crippen LogP contribution in [0.1, 0.15) is 63.5 Å². The van der Waals surface area contributed by atoms with Crippen molar-refractivity contribution in [2.24, 2.45) is 11.8 Å². The Hall–Kier alpha value is -1.56. The normalized spacial score (nSPS) is 15.1. The maximum absolute atomic E-state index is 2.40. The quantitative estimate of drug-likeness (QED) is 0.474. The molecule has 0 nitrogen and oxygen atoms in total. The molecule has 0 N–H and O–H groups in total. The van der Waals surface area contributed by atoms with E-state index in [9.17, 15) is 0 Å². The molecule has 0 heterocycles. The van der Waals surface area contributed by atoms with Crippen LogP contribution in [0.25, 0.3) is 0 Å². The Morgan fingerprint density at radius 2 is 1.39 bits per heavy atom. The minimum absolute atomic E-state index is 0.694. The molecule has 0 saturated carbocycles. The van der Waals surface area contributed by atoms with Crippen molar-refractivity contribution in [1.29, 1.82) is 0 Å². The smallest absolute Gasteiger partial charge is 0.0131 e. The molecule has 0 spiro atoms. The lowest BCUT2D eigenvalue weighted by atomic mass is 9.76. The Kier molecular flexibility index (Phi) is 7.39. The fourth-order valence-electron chi connectivity index (χ4n) is 3.59. The van der Waals surface area contributed by atoms with E-state index in [4.69, 9.17) is 0 Å². The van der Waals surface area contributed by atoms with Crippen LogP contribution in [-0.2, 0) is 6.42 Å². The first-order valence-corrected chi connectivity index (χ1v) is 9.33. The van der Waals surface area contributed by atoms with E-state index in [1.807, 2.05) is 0 Å². The van der Waals surface area contributed by atoms with Gasteiger partial charge in [0.1, 0.15) is 0 Å². The Labute approximate surface area is 143 Å². The minimum atomic E-state index is 0.694. The van der Waals surface area contributed by atoms with Crippen molar-refractivity contribution in [2.75, 3.05) is 0 Å². The van der Waals surface area contributed by atoms with Crippen LogP contribution in [0.4, 0.5) is 0 Å². The summed E-state index contributed by atoms with van der Waals surface area (Å²) in [5.74, 6) is 2.26. The van der Waals surface area contributed by atoms with Gasteiger partial charge in [-0.1, -0.05) is 94.3 Å². The summed E-state index contributed by atoms with van der Waals surface area (Å²) >= 11 is 0. The summed E-state index contributed by atoms with van der Waals surface area (Å²) in [5, 5.41) is 0. The molecule has 0 radical (unpaired) electrons. The average molecular weight is 309 g/mol. The first-order valence-electron chi connectivity index (χ1n) is 9.33. The Morgan fingerprint density at radius 3 is 1.96 bits per heavy atom. The molecule has 0 amide bonds. The van der Waals surface area contributed by atoms with E-state index in [2.05, 4.69) is 81.4 Å². The van der Waals surface area contributed by atoms with Crippen molar-refractivity contribution in [3.63, 3.8) is 0 Å². The number of rotatable bonds is 9. The van der Waals surface area contributed by atoms with Crippen molar-refractivity contribution >= 4 is 0 Å². The molecule has 0 aliphatic carbocycles. The lowest BCUT2D eigenvalue weighted by molar-refractivity contribution is 0.322. The topological polar surface area (TPSA) is 0 Å². The second-order valence-electron chi connectivity index (χ2n) is 6.96. The fraction of sp³-hybridized carbons (Fsp3) is 0.478. The fourth-order valence-corrected chi connectivity index (χ4v) is 3.59. The summed E-state index contributed by atoms with van der Waals surface area (Å²) in [6, 6.07) is 22.1. The van der Waals surface area contributed by atoms with Crippen LogP contribution in [0.3, 0.4) is 0 Å². The predicted octanol–water partition coefficient (Wildman–Crippen LogP) is 6.87. The van der Waals surface area contributed by atoms with E-state index in [0.717, 1.165) is 11.8 Å². The van der Waals surface area contributed by atoms with Gasteiger partial charge in [-0.25, -0.2) is 0 Å². The molecule has 124 valence electrons. The molecule has 2 rings (SSSR count). The number of hydrogen-bond donors (Lipinski definition) is 0. The van der Waals surface area contributed by atoms with Crippen molar-refractivity contribution in [3.05, 3.63) is 71.8 Å². The molecule has 23 heavy (non-hydrogen) atoms. The first-order chi connectivity index (χ1) is 11.2. The van der Waals surface area contributed by atoms with Gasteiger partial charge >= 0.3 is 0 Å². The van der Waals surface area contributed by atoms with E-state index in [1.165, 1.54) is 43.2 Å². The molecule has 2 aromatic carbocycles. The lowest BCUT2D eigenvalue weighted by Gasteiger charge is -2.29. The van der Waals surface area contributed by atoms with Crippen molar-refractivity contribution in [1.82, 2.24) is 0 Å². The molecular weight excluding hydrogens is 276 g/mol. The Bertz CT molecular complexity index is 528. The van der Waals surface area contributed by atoms with Gasteiger partial charge < -0.3 is 0 Å². The number of hydrogen-bond acceptors (Lipinski definition) is 0. The molecular formula is C23H32. The van der Waals surface area contributed by atoms with Gasteiger partial charge in [-0.2, -0.15) is 0 Å². The molecule has 0 fully saturated rings. The molecule has 0 heteroatoms. The van der Waals surface area contributed by atoms with Gasteiger partial charge in [-0.15, -0.1) is 0 Å². The van der Waals surface area contributed by atoms with Gasteiger partial charge in [0, 0.05) is 0 Å². The maximum atomic E-state index is 2.40. The second-order valence-corrected chi connectivity index (χ2v) is 6.96. The van der Waals surface area contributed by atoms with Crippen molar-refractivity contribution < 1.29 is 0 Å². The third-order valence-corrected chi connectivity index (χ3v) is 5.32. The average Bonchev–Trinajstić information content (AvgIpc) is 2.62. The number of benzene rings is 2. The van der Waals surface area contributed by atoms with E-state index in [1.54, 1.807) is 0 Å². The van der Waals surface area contributed by atoms with Gasteiger partial charge in [0.05, 0.1) is 0 Å². The molecule has 0 aliphatic heterocycles. The van der Waals surface area contributed by atoms with E-state index in [0.29, 0.717) is 5.92 Å². The van der Waals surface area contributed by atoms with E-state index in [-0.39, 0.29) is 0 Å². The second kappa shape index (κ2) is 9.55. The van der Waals surface area contributed by atoms with Crippen LogP contribution in [0, 0.1) is 11.8 Å². The molecule has 0 saturated heterocycles. The van der Waals surface area contributed by atoms with Crippen molar-refractivity contribution in [2.45, 2.75) is 58.8 Å². The van der Waals surface area contributed by atoms with Gasteiger partial charge in [0.2, 0.25) is 0 Å². The summed E-state index contributed by atoms with van der Waals surface area (Å²) in [4.78, 5) is 0. The molecule has 3 atom stereocenters. The van der Waals surface area contributed by atoms with E-state index >= 15 is 0 Å². The zero-order chi connectivity index (χ0) is 16.5. The van der Waals surface area contributed by atoms with Crippen LogP contribution >= 0.6 is 0 Å². The van der Waals surface area contributed by atoms with Gasteiger partial charge in [-0.05, 0) is 48.1 Å². The highest BCUT2D eigenvalue weighted by molar-refractivity contribution is 5.21. The van der Waals surface area contributed by atoms with Crippen LogP contribution in [0.15, 0.2) is 60.7 Å². The molecule has 0 aromatic heterocycles. The Morgan fingerprint density at radius 1 is 0.783 bits per heavy atom. The summed E-state index contributed by atoms with van der Waals surface area (Å²) in [6.07, 6.45) is 6.34. The van der Waals surface area contributed by atoms with Crippen LogP contribution in [-0.4, -0.2) is 0 Å². The number of aryl methyl sites for hydroxylation is 1. The highest BCUT2D eigenvalue weighted by Crippen LogP contribution is 2.36.